The van der Waals surface area contributed by atoms with Gasteiger partial charge in [0.1, 0.15) is 11.5 Å². The standard InChI is InChI=1S/C33H31FN8O3S/c1-46(44,45)38-15-19-9-21(11-24(34)10-19)30-26-14-29(40-28(26)7-8-36-30)31-27-13-23(17-37-32(27)42-41-31)22-12-25(18-35-16-22)39-33(43)20-5-3-2-4-6-20/h7-14,16-18,20,38,40H,2-6,15H2,1H3,(H,39,43)(H,37,41,42). The molecule has 13 heteroatoms. The summed E-state index contributed by atoms with van der Waals surface area (Å²) in [6.45, 7) is -0.0438. The number of carbonyl (C=O) groups is 1. The Hall–Kier alpha value is -5.01. The molecule has 1 amide bonds. The number of H-pyrrole nitrogens is 2. The van der Waals surface area contributed by atoms with Gasteiger partial charge >= 0.3 is 0 Å². The van der Waals surface area contributed by atoms with Crippen LogP contribution in [0.3, 0.4) is 0 Å². The minimum absolute atomic E-state index is 0.0378. The molecule has 4 N–H and O–H groups in total. The zero-order chi connectivity index (χ0) is 31.8. The van der Waals surface area contributed by atoms with E-state index in [1.807, 2.05) is 24.3 Å². The quantitative estimate of drug-likeness (QED) is 0.161. The Bertz CT molecular complexity index is 2210. The number of hydrogen-bond acceptors (Lipinski definition) is 7. The lowest BCUT2D eigenvalue weighted by molar-refractivity contribution is -0.120. The Morgan fingerprint density at radius 2 is 1.76 bits per heavy atom. The number of aromatic nitrogens is 6. The van der Waals surface area contributed by atoms with Crippen LogP contribution in [0.4, 0.5) is 10.1 Å². The molecule has 11 nitrogen and oxygen atoms in total. The highest BCUT2D eigenvalue weighted by molar-refractivity contribution is 7.88. The zero-order valence-corrected chi connectivity index (χ0v) is 25.8. The molecule has 1 saturated carbocycles. The molecule has 0 saturated heterocycles. The second-order valence-corrected chi connectivity index (χ2v) is 13.6. The molecule has 0 aliphatic heterocycles. The van der Waals surface area contributed by atoms with Crippen LogP contribution in [-0.2, 0) is 21.4 Å². The third kappa shape index (κ3) is 6.24. The molecule has 5 aromatic heterocycles. The Balaban J connectivity index is 1.21. The summed E-state index contributed by atoms with van der Waals surface area (Å²) < 4.78 is 40.2. The molecule has 234 valence electrons. The SMILES string of the molecule is CS(=O)(=O)NCc1cc(F)cc(-c2nccc3[nH]c(-c4n[nH]c5ncc(-c6cncc(NC(=O)C7CCCCC7)c6)cc45)cc23)c1. The lowest BCUT2D eigenvalue weighted by Crippen LogP contribution is -2.24. The van der Waals surface area contributed by atoms with Gasteiger partial charge in [-0.15, -0.1) is 0 Å². The van der Waals surface area contributed by atoms with Crippen molar-refractivity contribution >= 4 is 43.6 Å². The number of fused-ring (bicyclic) bond motifs is 2. The van der Waals surface area contributed by atoms with Crippen LogP contribution < -0.4 is 10.0 Å². The van der Waals surface area contributed by atoms with Crippen molar-refractivity contribution in [3.05, 3.63) is 78.6 Å². The van der Waals surface area contributed by atoms with E-state index >= 15 is 0 Å². The van der Waals surface area contributed by atoms with E-state index in [4.69, 9.17) is 0 Å². The van der Waals surface area contributed by atoms with Gasteiger partial charge in [-0.1, -0.05) is 19.3 Å². The summed E-state index contributed by atoms with van der Waals surface area (Å²) in [5, 5.41) is 12.1. The molecule has 5 heterocycles. The molecule has 0 spiro atoms. The number of aromatic amines is 2. The van der Waals surface area contributed by atoms with E-state index in [9.17, 15) is 17.6 Å². The minimum Gasteiger partial charge on any atom is -0.353 e. The van der Waals surface area contributed by atoms with Crippen molar-refractivity contribution in [2.24, 2.45) is 5.92 Å². The summed E-state index contributed by atoms with van der Waals surface area (Å²) in [4.78, 5) is 29.7. The molecular weight excluding hydrogens is 607 g/mol. The number of nitrogens with zero attached hydrogens (tertiary/aromatic N) is 4. The van der Waals surface area contributed by atoms with Gasteiger partial charge in [0.2, 0.25) is 15.9 Å². The molecule has 1 fully saturated rings. The van der Waals surface area contributed by atoms with E-state index in [2.05, 4.69) is 40.2 Å². The number of halogens is 1. The molecule has 0 bridgehead atoms. The number of pyridine rings is 3. The largest absolute Gasteiger partial charge is 0.353 e. The van der Waals surface area contributed by atoms with Gasteiger partial charge in [0.25, 0.3) is 0 Å². The maximum absolute atomic E-state index is 14.6. The summed E-state index contributed by atoms with van der Waals surface area (Å²) in [7, 11) is -3.45. The maximum Gasteiger partial charge on any atom is 0.227 e. The van der Waals surface area contributed by atoms with Gasteiger partial charge in [-0.2, -0.15) is 5.10 Å². The van der Waals surface area contributed by atoms with Crippen LogP contribution in [0, 0.1) is 11.7 Å². The molecule has 0 unspecified atom stereocenters. The van der Waals surface area contributed by atoms with Crippen LogP contribution in [0.5, 0.6) is 0 Å². The highest BCUT2D eigenvalue weighted by Crippen LogP contribution is 2.35. The third-order valence-electron chi connectivity index (χ3n) is 8.30. The minimum atomic E-state index is -3.45. The van der Waals surface area contributed by atoms with Gasteiger partial charge in [0.15, 0.2) is 5.65 Å². The van der Waals surface area contributed by atoms with Gasteiger partial charge in [-0.05, 0) is 60.9 Å². The van der Waals surface area contributed by atoms with Crippen LogP contribution in [0.2, 0.25) is 0 Å². The fourth-order valence-corrected chi connectivity index (χ4v) is 6.49. The molecule has 46 heavy (non-hydrogen) atoms. The smallest absolute Gasteiger partial charge is 0.227 e. The highest BCUT2D eigenvalue weighted by Gasteiger charge is 2.22. The number of amides is 1. The number of nitrogens with one attached hydrogen (secondary N) is 4. The fraction of sp³-hybridized carbons (Fsp3) is 0.242. The number of benzene rings is 1. The summed E-state index contributed by atoms with van der Waals surface area (Å²) in [6.07, 6.45) is 13.0. The predicted octanol–water partition coefficient (Wildman–Crippen LogP) is 5.94. The topological polar surface area (TPSA) is 158 Å². The lowest BCUT2D eigenvalue weighted by Gasteiger charge is -2.20. The Labute approximate surface area is 264 Å². The van der Waals surface area contributed by atoms with E-state index in [1.165, 1.54) is 18.6 Å². The molecule has 7 rings (SSSR count). The zero-order valence-electron chi connectivity index (χ0n) is 25.0. The van der Waals surface area contributed by atoms with Gasteiger partial charge in [0, 0.05) is 64.0 Å². The van der Waals surface area contributed by atoms with Crippen LogP contribution in [0.15, 0.2) is 67.3 Å². The molecular formula is C33H31FN8O3S. The molecule has 1 aromatic carbocycles. The third-order valence-corrected chi connectivity index (χ3v) is 8.97. The van der Waals surface area contributed by atoms with E-state index in [0.29, 0.717) is 39.5 Å². The Kier molecular flexibility index (Phi) is 7.79. The first-order valence-corrected chi connectivity index (χ1v) is 16.9. The van der Waals surface area contributed by atoms with Gasteiger partial charge in [-0.25, -0.2) is 22.5 Å². The van der Waals surface area contributed by atoms with Crippen molar-refractivity contribution in [2.75, 3.05) is 11.6 Å². The highest BCUT2D eigenvalue weighted by atomic mass is 32.2. The van der Waals surface area contributed by atoms with Crippen LogP contribution in [0.25, 0.3) is 55.7 Å². The summed E-state index contributed by atoms with van der Waals surface area (Å²) in [5.74, 6) is -0.422. The maximum atomic E-state index is 14.6. The second kappa shape index (κ2) is 12.1. The average Bonchev–Trinajstić information content (AvgIpc) is 3.68. The average molecular weight is 639 g/mol. The fourth-order valence-electron chi connectivity index (χ4n) is 6.06. The van der Waals surface area contributed by atoms with Crippen molar-refractivity contribution in [1.82, 2.24) is 34.9 Å². The van der Waals surface area contributed by atoms with Crippen molar-refractivity contribution in [3.8, 4) is 33.8 Å². The first-order valence-electron chi connectivity index (χ1n) is 15.0. The van der Waals surface area contributed by atoms with E-state index < -0.39 is 15.8 Å². The monoisotopic (exact) mass is 638 g/mol. The number of hydrogen-bond donors (Lipinski definition) is 4. The lowest BCUT2D eigenvalue weighted by atomic mass is 9.88. The summed E-state index contributed by atoms with van der Waals surface area (Å²) >= 11 is 0. The van der Waals surface area contributed by atoms with E-state index in [1.54, 1.807) is 30.9 Å². The van der Waals surface area contributed by atoms with Crippen LogP contribution in [0.1, 0.15) is 37.7 Å². The molecule has 1 aliphatic rings. The van der Waals surface area contributed by atoms with Crippen LogP contribution >= 0.6 is 0 Å². The van der Waals surface area contributed by atoms with Gasteiger partial charge in [-0.3, -0.25) is 19.9 Å². The van der Waals surface area contributed by atoms with Crippen LogP contribution in [-0.4, -0.2) is 50.7 Å². The summed E-state index contributed by atoms with van der Waals surface area (Å²) in [5.41, 5.74) is 6.49. The van der Waals surface area contributed by atoms with Crippen molar-refractivity contribution < 1.29 is 17.6 Å². The molecule has 1 aliphatic carbocycles. The first kappa shape index (κ1) is 29.7. The molecule has 0 atom stereocenters. The van der Waals surface area contributed by atoms with Gasteiger partial charge in [0.05, 0.1) is 29.5 Å². The van der Waals surface area contributed by atoms with Crippen molar-refractivity contribution in [2.45, 2.75) is 38.6 Å². The Morgan fingerprint density at radius 1 is 0.935 bits per heavy atom. The van der Waals surface area contributed by atoms with Crippen molar-refractivity contribution in [1.29, 1.82) is 0 Å². The van der Waals surface area contributed by atoms with Crippen molar-refractivity contribution in [3.63, 3.8) is 0 Å². The first-order chi connectivity index (χ1) is 22.2. The summed E-state index contributed by atoms with van der Waals surface area (Å²) in [6, 6.07) is 12.0. The number of carbonyl (C=O) groups excluding carboxylic acids is 1. The number of rotatable bonds is 8. The van der Waals surface area contributed by atoms with Gasteiger partial charge < -0.3 is 10.3 Å². The molecule has 6 aromatic rings. The second-order valence-electron chi connectivity index (χ2n) is 11.7. The van der Waals surface area contributed by atoms with E-state index in [0.717, 1.165) is 59.4 Å². The number of anilines is 1. The predicted molar refractivity (Wildman–Crippen MR) is 174 cm³/mol. The molecule has 0 radical (unpaired) electrons. The Morgan fingerprint density at radius 3 is 2.59 bits per heavy atom. The van der Waals surface area contributed by atoms with E-state index in [-0.39, 0.29) is 18.4 Å². The normalized spacial score (nSPS) is 14.2. The number of sulfonamides is 1.